The van der Waals surface area contributed by atoms with E-state index in [1.54, 1.807) is 0 Å². The lowest BCUT2D eigenvalue weighted by atomic mass is 10.0. The minimum Gasteiger partial charge on any atom is -0.366 e. The number of carbonyl (C=O) groups is 2. The van der Waals surface area contributed by atoms with Crippen molar-refractivity contribution >= 4 is 27.5 Å². The standard InChI is InChI=1S/C18H21N3O4S/c1-12(13-8-5-4-6-9-13)20-18(23)15-11-7-10-14(17(19)22)16(15)21(2)26(3,24)25/h4-12H,1-3H3,(H2,19,22)(H,20,23). The number of nitrogens with two attached hydrogens (primary N) is 1. The number of rotatable bonds is 6. The number of nitrogens with zero attached hydrogens (tertiary/aromatic N) is 1. The van der Waals surface area contributed by atoms with Crippen LogP contribution in [0.15, 0.2) is 48.5 Å². The number of sulfonamides is 1. The molecule has 2 aromatic carbocycles. The molecule has 1 atom stereocenters. The van der Waals surface area contributed by atoms with Gasteiger partial charge in [0.2, 0.25) is 10.0 Å². The van der Waals surface area contributed by atoms with Crippen LogP contribution in [0.5, 0.6) is 0 Å². The Labute approximate surface area is 152 Å². The van der Waals surface area contributed by atoms with Gasteiger partial charge in [0.05, 0.1) is 29.1 Å². The zero-order valence-electron chi connectivity index (χ0n) is 14.8. The van der Waals surface area contributed by atoms with E-state index in [0.29, 0.717) is 0 Å². The molecule has 0 saturated heterocycles. The van der Waals surface area contributed by atoms with Crippen LogP contribution in [0.1, 0.15) is 39.2 Å². The third-order valence-corrected chi connectivity index (χ3v) is 5.18. The quantitative estimate of drug-likeness (QED) is 0.800. The van der Waals surface area contributed by atoms with E-state index in [0.717, 1.165) is 16.1 Å². The molecule has 2 rings (SSSR count). The minimum atomic E-state index is -3.70. The Morgan fingerprint density at radius 2 is 1.62 bits per heavy atom. The highest BCUT2D eigenvalue weighted by atomic mass is 32.2. The number of para-hydroxylation sites is 1. The summed E-state index contributed by atoms with van der Waals surface area (Å²) in [6.45, 7) is 1.81. The smallest absolute Gasteiger partial charge is 0.253 e. The van der Waals surface area contributed by atoms with Crippen molar-refractivity contribution in [1.82, 2.24) is 5.32 Å². The maximum Gasteiger partial charge on any atom is 0.253 e. The summed E-state index contributed by atoms with van der Waals surface area (Å²) in [4.78, 5) is 24.5. The van der Waals surface area contributed by atoms with Crippen LogP contribution in [0.4, 0.5) is 5.69 Å². The molecule has 0 aromatic heterocycles. The molecule has 138 valence electrons. The van der Waals surface area contributed by atoms with Gasteiger partial charge in [-0.15, -0.1) is 0 Å². The van der Waals surface area contributed by atoms with Crippen LogP contribution < -0.4 is 15.4 Å². The molecule has 0 aliphatic heterocycles. The van der Waals surface area contributed by atoms with Gasteiger partial charge in [-0.3, -0.25) is 13.9 Å². The van der Waals surface area contributed by atoms with Gasteiger partial charge in [-0.1, -0.05) is 36.4 Å². The molecule has 0 radical (unpaired) electrons. The molecule has 0 aliphatic carbocycles. The predicted molar refractivity (Wildman–Crippen MR) is 101 cm³/mol. The number of carbonyl (C=O) groups excluding carboxylic acids is 2. The molecular weight excluding hydrogens is 354 g/mol. The van der Waals surface area contributed by atoms with Crippen molar-refractivity contribution in [3.63, 3.8) is 0 Å². The molecule has 0 spiro atoms. The zero-order chi connectivity index (χ0) is 19.5. The van der Waals surface area contributed by atoms with Crippen molar-refractivity contribution in [2.45, 2.75) is 13.0 Å². The molecule has 0 bridgehead atoms. The molecular formula is C18H21N3O4S. The highest BCUT2D eigenvalue weighted by Gasteiger charge is 2.25. The van der Waals surface area contributed by atoms with Crippen molar-refractivity contribution in [3.8, 4) is 0 Å². The number of anilines is 1. The Morgan fingerprint density at radius 3 is 2.15 bits per heavy atom. The van der Waals surface area contributed by atoms with Crippen LogP contribution in [0.3, 0.4) is 0 Å². The lowest BCUT2D eigenvalue weighted by Crippen LogP contribution is -2.33. The van der Waals surface area contributed by atoms with Crippen LogP contribution in [0, 0.1) is 0 Å². The van der Waals surface area contributed by atoms with E-state index in [9.17, 15) is 18.0 Å². The maximum atomic E-state index is 12.8. The van der Waals surface area contributed by atoms with Gasteiger partial charge in [-0.2, -0.15) is 0 Å². The van der Waals surface area contributed by atoms with Gasteiger partial charge >= 0.3 is 0 Å². The van der Waals surface area contributed by atoms with Crippen molar-refractivity contribution in [2.24, 2.45) is 5.73 Å². The predicted octanol–water partition coefficient (Wildman–Crippen LogP) is 1.67. The van der Waals surface area contributed by atoms with Gasteiger partial charge in [0.25, 0.3) is 11.8 Å². The second-order valence-electron chi connectivity index (χ2n) is 5.90. The maximum absolute atomic E-state index is 12.8. The average Bonchev–Trinajstić information content (AvgIpc) is 2.60. The summed E-state index contributed by atoms with van der Waals surface area (Å²) < 4.78 is 24.8. The first-order valence-electron chi connectivity index (χ1n) is 7.85. The Kier molecular flexibility index (Phi) is 5.66. The fraction of sp³-hybridized carbons (Fsp3) is 0.222. The second kappa shape index (κ2) is 7.57. The Morgan fingerprint density at radius 1 is 1.04 bits per heavy atom. The van der Waals surface area contributed by atoms with Gasteiger partial charge in [-0.05, 0) is 24.6 Å². The number of hydrogen-bond donors (Lipinski definition) is 2. The largest absolute Gasteiger partial charge is 0.366 e. The van der Waals surface area contributed by atoms with E-state index in [-0.39, 0.29) is 22.9 Å². The molecule has 1 unspecified atom stereocenters. The van der Waals surface area contributed by atoms with Gasteiger partial charge in [0, 0.05) is 7.05 Å². The minimum absolute atomic E-state index is 0.0414. The molecule has 0 aliphatic rings. The number of benzene rings is 2. The van der Waals surface area contributed by atoms with Crippen molar-refractivity contribution < 1.29 is 18.0 Å². The summed E-state index contributed by atoms with van der Waals surface area (Å²) in [5.74, 6) is -1.32. The molecule has 7 nitrogen and oxygen atoms in total. The Balaban J connectivity index is 2.47. The normalized spacial score (nSPS) is 12.3. The highest BCUT2D eigenvalue weighted by molar-refractivity contribution is 7.92. The first kappa shape index (κ1) is 19.5. The Hall–Kier alpha value is -2.87. The monoisotopic (exact) mass is 375 g/mol. The summed E-state index contributed by atoms with van der Waals surface area (Å²) in [6, 6.07) is 13.3. The van der Waals surface area contributed by atoms with Crippen LogP contribution in [0.25, 0.3) is 0 Å². The van der Waals surface area contributed by atoms with Gasteiger partial charge < -0.3 is 11.1 Å². The molecule has 2 amide bonds. The number of hydrogen-bond acceptors (Lipinski definition) is 4. The third-order valence-electron chi connectivity index (χ3n) is 4.01. The van der Waals surface area contributed by atoms with E-state index >= 15 is 0 Å². The summed E-state index contributed by atoms with van der Waals surface area (Å²) in [7, 11) is -2.43. The average molecular weight is 375 g/mol. The second-order valence-corrected chi connectivity index (χ2v) is 7.92. The first-order chi connectivity index (χ1) is 12.1. The van der Waals surface area contributed by atoms with E-state index in [1.165, 1.54) is 25.2 Å². The SMILES string of the molecule is CC(NC(=O)c1cccc(C(N)=O)c1N(C)S(C)(=O)=O)c1ccccc1. The topological polar surface area (TPSA) is 110 Å². The van der Waals surface area contributed by atoms with Crippen molar-refractivity contribution in [3.05, 3.63) is 65.2 Å². The fourth-order valence-electron chi connectivity index (χ4n) is 2.53. The summed E-state index contributed by atoms with van der Waals surface area (Å²) in [5, 5.41) is 2.81. The molecule has 0 heterocycles. The summed E-state index contributed by atoms with van der Waals surface area (Å²) in [6.07, 6.45) is 0.985. The van der Waals surface area contributed by atoms with Gasteiger partial charge in [0.15, 0.2) is 0 Å². The molecule has 26 heavy (non-hydrogen) atoms. The summed E-state index contributed by atoms with van der Waals surface area (Å²) >= 11 is 0. The van der Waals surface area contributed by atoms with Crippen LogP contribution >= 0.6 is 0 Å². The zero-order valence-corrected chi connectivity index (χ0v) is 15.6. The first-order valence-corrected chi connectivity index (χ1v) is 9.70. The number of primary amides is 1. The molecule has 8 heteroatoms. The van der Waals surface area contributed by atoms with Gasteiger partial charge in [0.1, 0.15) is 0 Å². The molecule has 0 fully saturated rings. The number of amides is 2. The third kappa shape index (κ3) is 4.20. The molecule has 3 N–H and O–H groups in total. The summed E-state index contributed by atoms with van der Waals surface area (Å²) in [5.41, 5.74) is 6.23. The van der Waals surface area contributed by atoms with E-state index < -0.39 is 21.8 Å². The fourth-order valence-corrected chi connectivity index (χ4v) is 3.06. The number of nitrogens with one attached hydrogen (secondary N) is 1. The van der Waals surface area contributed by atoms with E-state index in [4.69, 9.17) is 5.73 Å². The van der Waals surface area contributed by atoms with Gasteiger partial charge in [-0.25, -0.2) is 8.42 Å². The van der Waals surface area contributed by atoms with Crippen LogP contribution in [-0.4, -0.2) is 33.5 Å². The molecule has 0 saturated carbocycles. The lowest BCUT2D eigenvalue weighted by Gasteiger charge is -2.23. The van der Waals surface area contributed by atoms with Crippen LogP contribution in [0.2, 0.25) is 0 Å². The van der Waals surface area contributed by atoms with Crippen molar-refractivity contribution in [2.75, 3.05) is 17.6 Å². The molecule has 2 aromatic rings. The Bertz CT molecular complexity index is 927. The van der Waals surface area contributed by atoms with E-state index in [1.807, 2.05) is 37.3 Å². The highest BCUT2D eigenvalue weighted by Crippen LogP contribution is 2.27. The van der Waals surface area contributed by atoms with E-state index in [2.05, 4.69) is 5.32 Å². The van der Waals surface area contributed by atoms with Crippen molar-refractivity contribution in [1.29, 1.82) is 0 Å². The lowest BCUT2D eigenvalue weighted by molar-refractivity contribution is 0.0940. The van der Waals surface area contributed by atoms with Crippen LogP contribution in [-0.2, 0) is 10.0 Å².